The largest absolute Gasteiger partial charge is 0.497 e. The van der Waals surface area contributed by atoms with Gasteiger partial charge in [-0.2, -0.15) is 0 Å². The Morgan fingerprint density at radius 3 is 2.42 bits per heavy atom. The van der Waals surface area contributed by atoms with Gasteiger partial charge in [0.1, 0.15) is 24.5 Å². The van der Waals surface area contributed by atoms with Gasteiger partial charge in [-0.15, -0.1) is 0 Å². The summed E-state index contributed by atoms with van der Waals surface area (Å²) in [6, 6.07) is 8.38. The summed E-state index contributed by atoms with van der Waals surface area (Å²) in [5.74, 6) is 1.89. The number of ether oxygens (including phenoxy) is 1. The molecule has 11 heteroatoms. The second-order valence-electron chi connectivity index (χ2n) is 13.0. The highest BCUT2D eigenvalue weighted by molar-refractivity contribution is 6.03. The van der Waals surface area contributed by atoms with Gasteiger partial charge in [0, 0.05) is 69.1 Å². The highest BCUT2D eigenvalue weighted by Crippen LogP contribution is 2.49. The maximum atomic E-state index is 11.7. The zero-order valence-electron chi connectivity index (χ0n) is 30.0. The number of aliphatic hydroxyl groups excluding tert-OH is 1. The summed E-state index contributed by atoms with van der Waals surface area (Å²) >= 11 is 0. The van der Waals surface area contributed by atoms with Crippen LogP contribution in [0.2, 0.25) is 0 Å². The number of nitrogens with one attached hydrogen (secondary N) is 2. The topological polar surface area (TPSA) is 108 Å². The molecule has 0 saturated carbocycles. The van der Waals surface area contributed by atoms with Crippen LogP contribution in [0.25, 0.3) is 0 Å². The molecule has 4 aliphatic rings. The number of fused-ring (bicyclic) bond motifs is 1. The van der Waals surface area contributed by atoms with Crippen LogP contribution in [0.1, 0.15) is 48.9 Å². The van der Waals surface area contributed by atoms with Crippen LogP contribution in [-0.4, -0.2) is 111 Å². The molecule has 1 amide bonds. The van der Waals surface area contributed by atoms with Gasteiger partial charge in [0.25, 0.3) is 0 Å². The monoisotopic (exact) mass is 664 g/mol. The number of hydrogen-bond acceptors (Lipinski definition) is 9. The quantitative estimate of drug-likeness (QED) is 0.115. The van der Waals surface area contributed by atoms with Gasteiger partial charge >= 0.3 is 0 Å². The molecule has 11 nitrogen and oxygen atoms in total. The number of amidine groups is 1. The first kappa shape index (κ1) is 38.4. The summed E-state index contributed by atoms with van der Waals surface area (Å²) < 4.78 is 5.94. The minimum Gasteiger partial charge on any atom is -0.497 e. The molecule has 266 valence electrons. The van der Waals surface area contributed by atoms with Crippen molar-refractivity contribution in [1.29, 1.82) is 0 Å². The van der Waals surface area contributed by atoms with Crippen molar-refractivity contribution in [3.63, 3.8) is 0 Å². The zero-order valence-corrected chi connectivity index (χ0v) is 30.0. The van der Waals surface area contributed by atoms with Crippen molar-refractivity contribution < 1.29 is 16.1 Å². The highest BCUT2D eigenvalue weighted by Gasteiger charge is 2.55. The molecule has 4 saturated heterocycles. The minimum absolute atomic E-state index is 0. The molecule has 1 aromatic carbocycles. The maximum Gasteiger partial charge on any atom is 0.211 e. The fourth-order valence-corrected chi connectivity index (χ4v) is 6.92. The van der Waals surface area contributed by atoms with Crippen LogP contribution in [0, 0.1) is 10.8 Å². The number of carbonyl (C=O) groups excluding carboxylic acids is 1. The van der Waals surface area contributed by atoms with E-state index in [1.807, 2.05) is 18.7 Å². The average Bonchev–Trinajstić information content (AvgIpc) is 3.28. The molecule has 0 bridgehead atoms. The van der Waals surface area contributed by atoms with Crippen molar-refractivity contribution in [3.05, 3.63) is 73.4 Å². The predicted molar refractivity (Wildman–Crippen MR) is 201 cm³/mol. The van der Waals surface area contributed by atoms with E-state index in [0.717, 1.165) is 24.4 Å². The molecule has 0 unspecified atom stereocenters. The van der Waals surface area contributed by atoms with Crippen LogP contribution in [0.5, 0.6) is 0 Å². The molecule has 4 fully saturated rings. The predicted octanol–water partition coefficient (Wildman–Crippen LogP) is 5.13. The number of anilines is 2. The van der Waals surface area contributed by atoms with E-state index in [1.165, 1.54) is 30.1 Å². The lowest BCUT2D eigenvalue weighted by molar-refractivity contribution is -0.120. The number of nitrogens with zero attached hydrogens (tertiary/aromatic N) is 6. The van der Waals surface area contributed by atoms with Gasteiger partial charge < -0.3 is 40.1 Å². The number of carbonyl (C=O) groups is 1. The molecule has 0 aliphatic carbocycles. The van der Waals surface area contributed by atoms with Crippen molar-refractivity contribution >= 4 is 30.3 Å². The van der Waals surface area contributed by atoms with Crippen LogP contribution >= 0.6 is 0 Å². The van der Waals surface area contributed by atoms with Crippen molar-refractivity contribution in [2.24, 2.45) is 20.8 Å². The van der Waals surface area contributed by atoms with Gasteiger partial charge in [-0.25, -0.2) is 4.99 Å². The summed E-state index contributed by atoms with van der Waals surface area (Å²) in [4.78, 5) is 29.1. The van der Waals surface area contributed by atoms with E-state index in [0.29, 0.717) is 48.9 Å². The first-order valence-corrected chi connectivity index (χ1v) is 17.1. The lowest BCUT2D eigenvalue weighted by atomic mass is 9.73. The van der Waals surface area contributed by atoms with Gasteiger partial charge in [-0.3, -0.25) is 9.79 Å². The maximum absolute atomic E-state index is 11.7. The van der Waals surface area contributed by atoms with Gasteiger partial charge in [-0.1, -0.05) is 60.8 Å². The average molecular weight is 665 g/mol. The number of aliphatic hydroxyl groups is 1. The molecular formula is C37H60N8O3. The standard InChI is InChI=1S/C32H44N8O3.C3H8.C2H6.H2/c1-7-29(38(22-42)12-13-41)36-24(3)40-28-14-23(2)43-20-31(28,4)27(15-33-5)30(40)35-21-34-25-8-10-26(11-9-25)39-18-32(19-39)16-37(6)17-32;1-3-2;1-2;/h7-11,15,22,28-29,34,36,41H,1-3,5,12-14,16-21H2,4,6H3;3H2,1-2H3;1-2H3;1H/b27-15+,35-30+;;;/t28-,29+,31-;;;/m1.../s1. The lowest BCUT2D eigenvalue weighted by Crippen LogP contribution is -2.71. The van der Waals surface area contributed by atoms with Crippen molar-refractivity contribution in [2.45, 2.75) is 59.7 Å². The first-order chi connectivity index (χ1) is 23.1. The Kier molecular flexibility index (Phi) is 13.9. The van der Waals surface area contributed by atoms with E-state index in [4.69, 9.17) is 9.73 Å². The molecule has 0 aromatic heterocycles. The van der Waals surface area contributed by atoms with E-state index in [1.54, 1.807) is 12.3 Å². The SMILES string of the molecule is C=C[C@@H](NC(=C)N1C(=N/CNc2ccc(N3CC4(CN(C)C4)C3)cc2)/C(=C\N=C)[C@@]2(C)COC(=C)C[C@@H]12)N(C=O)CCO.CC.CCC.[HH]. The Labute approximate surface area is 289 Å². The second kappa shape index (κ2) is 17.3. The number of aliphatic imine (C=N–C) groups is 2. The van der Waals surface area contributed by atoms with Crippen molar-refractivity contribution in [1.82, 2.24) is 20.0 Å². The smallest absolute Gasteiger partial charge is 0.211 e. The number of amides is 1. The Morgan fingerprint density at radius 2 is 1.88 bits per heavy atom. The summed E-state index contributed by atoms with van der Waals surface area (Å²) in [6.07, 6.45) is 5.24. The van der Waals surface area contributed by atoms with Gasteiger partial charge in [0.05, 0.1) is 30.4 Å². The molecule has 48 heavy (non-hydrogen) atoms. The molecular weight excluding hydrogens is 604 g/mol. The molecule has 5 rings (SSSR count). The van der Waals surface area contributed by atoms with Crippen LogP contribution in [0.3, 0.4) is 0 Å². The third-order valence-corrected chi connectivity index (χ3v) is 9.04. The molecule has 0 radical (unpaired) electrons. The molecule has 1 spiro atoms. The van der Waals surface area contributed by atoms with E-state index in [-0.39, 0.29) is 20.6 Å². The molecule has 3 atom stereocenters. The minimum atomic E-state index is -0.582. The molecule has 4 heterocycles. The highest BCUT2D eigenvalue weighted by atomic mass is 16.5. The van der Waals surface area contributed by atoms with Crippen LogP contribution in [-0.2, 0) is 9.53 Å². The number of rotatable bonds is 13. The van der Waals surface area contributed by atoms with Crippen molar-refractivity contribution in [3.8, 4) is 0 Å². The first-order valence-electron chi connectivity index (χ1n) is 17.1. The Hall–Kier alpha value is -4.09. The Balaban J connectivity index is 0.00000132. The number of likely N-dealkylation sites (tertiary alicyclic amines) is 2. The summed E-state index contributed by atoms with van der Waals surface area (Å²) in [5, 5.41) is 16.2. The molecule has 4 aliphatic heterocycles. The fraction of sp³-hybridized carbons (Fsp3) is 0.541. The van der Waals surface area contributed by atoms with Gasteiger partial charge in [0.2, 0.25) is 6.41 Å². The van der Waals surface area contributed by atoms with Crippen LogP contribution < -0.4 is 15.5 Å². The zero-order chi connectivity index (χ0) is 35.5. The Bertz CT molecular complexity index is 1340. The van der Waals surface area contributed by atoms with Crippen LogP contribution in [0.4, 0.5) is 11.4 Å². The van der Waals surface area contributed by atoms with Crippen molar-refractivity contribution in [2.75, 3.05) is 69.9 Å². The van der Waals surface area contributed by atoms with Crippen LogP contribution in [0.15, 0.2) is 83.4 Å². The third-order valence-electron chi connectivity index (χ3n) is 9.04. The summed E-state index contributed by atoms with van der Waals surface area (Å²) in [6.45, 7) is 31.7. The molecule has 1 aromatic rings. The van der Waals surface area contributed by atoms with E-state index in [9.17, 15) is 9.90 Å². The van der Waals surface area contributed by atoms with E-state index >= 15 is 0 Å². The van der Waals surface area contributed by atoms with E-state index < -0.39 is 11.6 Å². The van der Waals surface area contributed by atoms with Gasteiger partial charge in [0.15, 0.2) is 0 Å². The summed E-state index contributed by atoms with van der Waals surface area (Å²) in [5.41, 5.74) is 3.12. The number of benzene rings is 1. The molecule has 3 N–H and O–H groups in total. The third kappa shape index (κ3) is 8.30. The second-order valence-corrected chi connectivity index (χ2v) is 13.0. The van der Waals surface area contributed by atoms with Gasteiger partial charge in [-0.05, 0) is 44.1 Å². The van der Waals surface area contributed by atoms with E-state index in [2.05, 4.69) is 104 Å². The fourth-order valence-electron chi connectivity index (χ4n) is 6.92. The normalized spacial score (nSPS) is 24.4. The Morgan fingerprint density at radius 1 is 1.23 bits per heavy atom. The lowest BCUT2D eigenvalue weighted by Gasteiger charge is -2.60. The number of hydrogen-bond donors (Lipinski definition) is 3. The summed E-state index contributed by atoms with van der Waals surface area (Å²) in [7, 11) is 2.18.